The van der Waals surface area contributed by atoms with E-state index in [2.05, 4.69) is 10.4 Å². The number of anilines is 1. The molecule has 186 valence electrons. The quantitative estimate of drug-likeness (QED) is 0.337. The van der Waals surface area contributed by atoms with Gasteiger partial charge in [0.1, 0.15) is 10.6 Å². The zero-order valence-corrected chi connectivity index (χ0v) is 21.3. The van der Waals surface area contributed by atoms with E-state index in [-0.39, 0.29) is 41.6 Å². The summed E-state index contributed by atoms with van der Waals surface area (Å²) < 4.78 is 34.8. The highest BCUT2D eigenvalue weighted by atomic mass is 32.2. The lowest BCUT2D eigenvalue weighted by Crippen LogP contribution is -2.31. The van der Waals surface area contributed by atoms with Gasteiger partial charge in [-0.1, -0.05) is 32.0 Å². The van der Waals surface area contributed by atoms with Gasteiger partial charge < -0.3 is 10.1 Å². The van der Waals surface area contributed by atoms with Gasteiger partial charge in [-0.25, -0.2) is 13.1 Å². The molecule has 3 rings (SSSR count). The number of ether oxygens (including phenoxy) is 1. The number of hydrogen-bond acceptors (Lipinski definition) is 6. The lowest BCUT2D eigenvalue weighted by molar-refractivity contribution is -0.112. The molecule has 0 aliphatic heterocycles. The Morgan fingerprint density at radius 3 is 2.29 bits per heavy atom. The van der Waals surface area contributed by atoms with Gasteiger partial charge in [0.15, 0.2) is 0 Å². The van der Waals surface area contributed by atoms with Crippen LogP contribution in [0.3, 0.4) is 0 Å². The minimum Gasteiger partial charge on any atom is -0.492 e. The number of hydrogen-bond donors (Lipinski definition) is 1. The fraction of sp³-hybridized carbons (Fsp3) is 0.320. The van der Waals surface area contributed by atoms with E-state index in [0.29, 0.717) is 11.4 Å². The van der Waals surface area contributed by atoms with Crippen LogP contribution in [0.15, 0.2) is 53.4 Å². The molecule has 0 aliphatic carbocycles. The fourth-order valence-corrected chi connectivity index (χ4v) is 5.47. The Morgan fingerprint density at radius 1 is 1.03 bits per heavy atom. The fourth-order valence-electron chi connectivity index (χ4n) is 3.86. The molecule has 35 heavy (non-hydrogen) atoms. The normalized spacial score (nSPS) is 11.5. The second-order valence-corrected chi connectivity index (χ2v) is 9.67. The van der Waals surface area contributed by atoms with Gasteiger partial charge in [-0.05, 0) is 51.1 Å². The van der Waals surface area contributed by atoms with Crippen molar-refractivity contribution in [2.45, 2.75) is 39.5 Å². The topological polar surface area (TPSA) is 111 Å². The Hall–Kier alpha value is -3.50. The van der Waals surface area contributed by atoms with Gasteiger partial charge in [-0.3, -0.25) is 9.59 Å². The van der Waals surface area contributed by atoms with Crippen molar-refractivity contribution in [1.29, 1.82) is 0 Å². The summed E-state index contributed by atoms with van der Waals surface area (Å²) in [5.41, 5.74) is 2.09. The van der Waals surface area contributed by atoms with Crippen molar-refractivity contribution in [2.75, 3.05) is 25.0 Å². The zero-order chi connectivity index (χ0) is 25.8. The molecule has 1 amide bonds. The van der Waals surface area contributed by atoms with E-state index in [0.717, 1.165) is 5.69 Å². The van der Waals surface area contributed by atoms with Crippen LogP contribution in [-0.4, -0.2) is 53.9 Å². The number of aryl methyl sites for hydroxylation is 1. The number of carbonyl (C=O) groups is 2. The molecule has 2 aromatic carbocycles. The number of Topliss-reactive ketones (excluding diaryl/α,β-unsaturated/α-hetero) is 1. The third kappa shape index (κ3) is 5.28. The molecule has 0 aliphatic rings. The van der Waals surface area contributed by atoms with Gasteiger partial charge in [0.25, 0.3) is 11.7 Å². The first-order valence-electron chi connectivity index (χ1n) is 11.4. The molecular weight excluding hydrogens is 468 g/mol. The molecule has 0 bridgehead atoms. The number of aromatic nitrogens is 2. The first kappa shape index (κ1) is 26.1. The number of nitrogens with zero attached hydrogens (tertiary/aromatic N) is 3. The number of benzene rings is 2. The number of amides is 1. The van der Waals surface area contributed by atoms with Crippen LogP contribution in [0.2, 0.25) is 0 Å². The molecular formula is C25H30N4O5S. The van der Waals surface area contributed by atoms with Gasteiger partial charge >= 0.3 is 0 Å². The number of para-hydroxylation sites is 1. The van der Waals surface area contributed by atoms with Gasteiger partial charge in [0.05, 0.1) is 29.2 Å². The highest BCUT2D eigenvalue weighted by molar-refractivity contribution is 7.89. The standard InChI is InChI=1S/C25H30N4O5S/c1-6-28(7-2)35(32,33)22-16-19(14-15-21(22)34-8-3)26-25(31)24(30)23-17(4)27-29(18(23)5)20-12-10-9-11-13-20/h9-16H,6-8H2,1-5H3,(H,26,31). The highest BCUT2D eigenvalue weighted by Crippen LogP contribution is 2.30. The molecule has 0 saturated heterocycles. The van der Waals surface area contributed by atoms with Crippen LogP contribution >= 0.6 is 0 Å². The highest BCUT2D eigenvalue weighted by Gasteiger charge is 2.28. The second-order valence-electron chi connectivity index (χ2n) is 7.76. The molecule has 0 unspecified atom stereocenters. The van der Waals surface area contributed by atoms with Crippen LogP contribution < -0.4 is 10.1 Å². The Labute approximate surface area is 205 Å². The lowest BCUT2D eigenvalue weighted by Gasteiger charge is -2.21. The summed E-state index contributed by atoms with van der Waals surface area (Å²) in [6.45, 7) is 9.46. The van der Waals surface area contributed by atoms with Crippen molar-refractivity contribution in [2.24, 2.45) is 0 Å². The smallest absolute Gasteiger partial charge is 0.296 e. The first-order chi connectivity index (χ1) is 16.6. The van der Waals surface area contributed by atoms with Crippen LogP contribution in [0.25, 0.3) is 5.69 Å². The van der Waals surface area contributed by atoms with Crippen molar-refractivity contribution >= 4 is 27.4 Å². The summed E-state index contributed by atoms with van der Waals surface area (Å²) in [5, 5.41) is 6.96. The summed E-state index contributed by atoms with van der Waals surface area (Å²) in [7, 11) is -3.87. The van der Waals surface area contributed by atoms with E-state index in [1.165, 1.54) is 22.5 Å². The number of carbonyl (C=O) groups excluding carboxylic acids is 2. The second kappa shape index (κ2) is 10.8. The van der Waals surface area contributed by atoms with E-state index in [4.69, 9.17) is 4.74 Å². The minimum atomic E-state index is -3.87. The zero-order valence-electron chi connectivity index (χ0n) is 20.5. The van der Waals surface area contributed by atoms with Crippen LogP contribution in [0.4, 0.5) is 5.69 Å². The Bertz CT molecular complexity index is 1330. The summed E-state index contributed by atoms with van der Waals surface area (Å²) >= 11 is 0. The molecule has 0 radical (unpaired) electrons. The maximum absolute atomic E-state index is 13.2. The third-order valence-corrected chi connectivity index (χ3v) is 7.62. The van der Waals surface area contributed by atoms with Crippen LogP contribution in [0, 0.1) is 13.8 Å². The monoisotopic (exact) mass is 498 g/mol. The maximum atomic E-state index is 13.2. The Balaban J connectivity index is 1.93. The predicted octanol–water partition coefficient (Wildman–Crippen LogP) is 3.74. The van der Waals surface area contributed by atoms with Crippen molar-refractivity contribution in [3.63, 3.8) is 0 Å². The van der Waals surface area contributed by atoms with E-state index in [9.17, 15) is 18.0 Å². The van der Waals surface area contributed by atoms with E-state index >= 15 is 0 Å². The van der Waals surface area contributed by atoms with Gasteiger partial charge in [0.2, 0.25) is 10.0 Å². The average molecular weight is 499 g/mol. The molecule has 0 spiro atoms. The predicted molar refractivity (Wildman–Crippen MR) is 134 cm³/mol. The molecule has 1 N–H and O–H groups in total. The van der Waals surface area contributed by atoms with Crippen molar-refractivity contribution in [3.05, 3.63) is 65.5 Å². The minimum absolute atomic E-state index is 0.0717. The number of nitrogens with one attached hydrogen (secondary N) is 1. The molecule has 1 heterocycles. The van der Waals surface area contributed by atoms with Crippen molar-refractivity contribution in [1.82, 2.24) is 14.1 Å². The Morgan fingerprint density at radius 2 is 1.69 bits per heavy atom. The van der Waals surface area contributed by atoms with Crippen LogP contribution in [0.1, 0.15) is 42.5 Å². The van der Waals surface area contributed by atoms with Gasteiger partial charge in [-0.2, -0.15) is 9.40 Å². The third-order valence-electron chi connectivity index (χ3n) is 5.55. The number of rotatable bonds is 10. The summed E-state index contributed by atoms with van der Waals surface area (Å²) in [5.74, 6) is -1.47. The Kier molecular flexibility index (Phi) is 8.08. The lowest BCUT2D eigenvalue weighted by atomic mass is 10.1. The van der Waals surface area contributed by atoms with E-state index in [1.807, 2.05) is 30.3 Å². The summed E-state index contributed by atoms with van der Waals surface area (Å²) in [4.78, 5) is 25.9. The maximum Gasteiger partial charge on any atom is 0.296 e. The molecule has 9 nitrogen and oxygen atoms in total. The van der Waals surface area contributed by atoms with E-state index in [1.54, 1.807) is 39.3 Å². The summed E-state index contributed by atoms with van der Waals surface area (Å²) in [6.07, 6.45) is 0. The van der Waals surface area contributed by atoms with Crippen molar-refractivity contribution in [3.8, 4) is 11.4 Å². The van der Waals surface area contributed by atoms with E-state index < -0.39 is 21.7 Å². The first-order valence-corrected chi connectivity index (χ1v) is 12.8. The van der Waals surface area contributed by atoms with Crippen LogP contribution in [-0.2, 0) is 14.8 Å². The molecule has 0 saturated carbocycles. The molecule has 10 heteroatoms. The summed E-state index contributed by atoms with van der Waals surface area (Å²) in [6, 6.07) is 13.6. The number of sulfonamides is 1. The van der Waals surface area contributed by atoms with Crippen molar-refractivity contribution < 1.29 is 22.7 Å². The number of ketones is 1. The van der Waals surface area contributed by atoms with Gasteiger partial charge in [0, 0.05) is 18.8 Å². The van der Waals surface area contributed by atoms with Crippen LogP contribution in [0.5, 0.6) is 5.75 Å². The SMILES string of the molecule is CCOc1ccc(NC(=O)C(=O)c2c(C)nn(-c3ccccc3)c2C)cc1S(=O)(=O)N(CC)CC. The molecule has 0 fully saturated rings. The average Bonchev–Trinajstić information content (AvgIpc) is 3.14. The molecule has 1 aromatic heterocycles. The molecule has 0 atom stereocenters. The largest absolute Gasteiger partial charge is 0.492 e. The molecule has 3 aromatic rings. The van der Waals surface area contributed by atoms with Gasteiger partial charge in [-0.15, -0.1) is 0 Å².